The average molecular weight is 289 g/mol. The molecule has 0 saturated heterocycles. The summed E-state index contributed by atoms with van der Waals surface area (Å²) in [5, 5.41) is 16.7. The molecule has 7 nitrogen and oxygen atoms in total. The van der Waals surface area contributed by atoms with Gasteiger partial charge in [0.1, 0.15) is 0 Å². The number of hydrogen-bond acceptors (Lipinski definition) is 5. The Morgan fingerprint density at radius 3 is 2.81 bits per heavy atom. The van der Waals surface area contributed by atoms with Crippen molar-refractivity contribution in [1.82, 2.24) is 15.0 Å². The number of aliphatic carboxylic acids is 1. The van der Waals surface area contributed by atoms with Crippen molar-refractivity contribution in [2.75, 3.05) is 7.11 Å². The minimum atomic E-state index is -0.878. The lowest BCUT2D eigenvalue weighted by atomic mass is 10.2. The van der Waals surface area contributed by atoms with Crippen LogP contribution in [0.2, 0.25) is 0 Å². The second-order valence-electron chi connectivity index (χ2n) is 4.47. The second kappa shape index (κ2) is 6.17. The summed E-state index contributed by atoms with van der Waals surface area (Å²) in [4.78, 5) is 22.1. The van der Waals surface area contributed by atoms with Gasteiger partial charge in [-0.2, -0.15) is 0 Å². The van der Waals surface area contributed by atoms with Crippen LogP contribution in [-0.4, -0.2) is 39.1 Å². The van der Waals surface area contributed by atoms with Crippen LogP contribution in [-0.2, 0) is 16.0 Å². The molecule has 110 valence electrons. The van der Waals surface area contributed by atoms with Crippen LogP contribution in [0.15, 0.2) is 24.3 Å². The van der Waals surface area contributed by atoms with Gasteiger partial charge in [0.2, 0.25) is 0 Å². The number of hydrogen-bond donors (Lipinski definition) is 1. The molecule has 0 atom stereocenters. The molecule has 0 aliphatic rings. The lowest BCUT2D eigenvalue weighted by molar-refractivity contribution is -0.136. The van der Waals surface area contributed by atoms with E-state index in [2.05, 4.69) is 15.0 Å². The van der Waals surface area contributed by atoms with Gasteiger partial charge in [0.05, 0.1) is 36.2 Å². The first-order chi connectivity index (χ1) is 10.0. The lowest BCUT2D eigenvalue weighted by Crippen LogP contribution is -2.05. The molecule has 0 saturated carbocycles. The molecule has 1 heterocycles. The number of carbonyl (C=O) groups excluding carboxylic acids is 1. The smallest absolute Gasteiger partial charge is 0.337 e. The van der Waals surface area contributed by atoms with Crippen molar-refractivity contribution in [2.24, 2.45) is 0 Å². The van der Waals surface area contributed by atoms with Crippen molar-refractivity contribution in [2.45, 2.75) is 19.8 Å². The van der Waals surface area contributed by atoms with Gasteiger partial charge in [-0.25, -0.2) is 9.48 Å². The van der Waals surface area contributed by atoms with E-state index in [1.807, 2.05) is 6.92 Å². The third kappa shape index (κ3) is 3.25. The van der Waals surface area contributed by atoms with E-state index in [-0.39, 0.29) is 6.42 Å². The summed E-state index contributed by atoms with van der Waals surface area (Å²) >= 11 is 0. The molecule has 0 aliphatic heterocycles. The fourth-order valence-electron chi connectivity index (χ4n) is 1.94. The number of carboxylic acid groups (broad SMARTS) is 1. The molecule has 0 radical (unpaired) electrons. The van der Waals surface area contributed by atoms with Gasteiger partial charge in [-0.15, -0.1) is 5.10 Å². The van der Waals surface area contributed by atoms with Gasteiger partial charge in [0.15, 0.2) is 0 Å². The van der Waals surface area contributed by atoms with E-state index in [4.69, 9.17) is 5.11 Å². The zero-order valence-corrected chi connectivity index (χ0v) is 11.7. The van der Waals surface area contributed by atoms with E-state index < -0.39 is 11.9 Å². The Hall–Kier alpha value is -2.70. The largest absolute Gasteiger partial charge is 0.481 e. The van der Waals surface area contributed by atoms with E-state index in [9.17, 15) is 9.59 Å². The predicted molar refractivity (Wildman–Crippen MR) is 73.4 cm³/mol. The van der Waals surface area contributed by atoms with Crippen LogP contribution in [0.3, 0.4) is 0 Å². The number of methoxy groups -OCH3 is 1. The molecule has 0 fully saturated rings. The summed E-state index contributed by atoms with van der Waals surface area (Å²) in [6.07, 6.45) is 0.319. The number of carboxylic acids is 1. The first kappa shape index (κ1) is 14.7. The standard InChI is InChI=1S/C14H15N3O4/c1-9-12(6-7-13(18)19)15-16-17(9)11-5-3-4-10(8-11)14(20)21-2/h3-5,8H,6-7H2,1-2H3,(H,18,19). The number of aromatic nitrogens is 3. The van der Waals surface area contributed by atoms with E-state index in [0.29, 0.717) is 23.4 Å². The maximum Gasteiger partial charge on any atom is 0.337 e. The maximum absolute atomic E-state index is 11.5. The summed E-state index contributed by atoms with van der Waals surface area (Å²) in [5.41, 5.74) is 2.46. The Kier molecular flexibility index (Phi) is 4.32. The fourth-order valence-corrected chi connectivity index (χ4v) is 1.94. The molecule has 0 unspecified atom stereocenters. The molecule has 1 aromatic heterocycles. The Morgan fingerprint density at radius 2 is 2.14 bits per heavy atom. The van der Waals surface area contributed by atoms with Crippen LogP contribution in [0, 0.1) is 6.92 Å². The zero-order valence-electron chi connectivity index (χ0n) is 11.7. The molecule has 2 rings (SSSR count). The highest BCUT2D eigenvalue weighted by atomic mass is 16.5. The Labute approximate surface area is 121 Å². The fraction of sp³-hybridized carbons (Fsp3) is 0.286. The number of ether oxygens (including phenoxy) is 1. The number of nitrogens with zero attached hydrogens (tertiary/aromatic N) is 3. The van der Waals surface area contributed by atoms with Gasteiger partial charge in [0, 0.05) is 6.42 Å². The molecule has 0 spiro atoms. The average Bonchev–Trinajstić information content (AvgIpc) is 2.85. The molecule has 0 bridgehead atoms. The second-order valence-corrected chi connectivity index (χ2v) is 4.47. The first-order valence-corrected chi connectivity index (χ1v) is 6.34. The monoisotopic (exact) mass is 289 g/mol. The van der Waals surface area contributed by atoms with Gasteiger partial charge >= 0.3 is 11.9 Å². The van der Waals surface area contributed by atoms with Crippen molar-refractivity contribution in [3.8, 4) is 5.69 Å². The van der Waals surface area contributed by atoms with Gasteiger partial charge in [-0.3, -0.25) is 4.79 Å². The predicted octanol–water partition coefficient (Wildman–Crippen LogP) is 1.38. The Morgan fingerprint density at radius 1 is 1.38 bits per heavy atom. The molecular formula is C14H15N3O4. The Bertz CT molecular complexity index is 679. The number of benzene rings is 1. The highest BCUT2D eigenvalue weighted by molar-refractivity contribution is 5.89. The third-order valence-corrected chi connectivity index (χ3v) is 3.08. The van der Waals surface area contributed by atoms with Crippen LogP contribution < -0.4 is 0 Å². The lowest BCUT2D eigenvalue weighted by Gasteiger charge is -2.05. The summed E-state index contributed by atoms with van der Waals surface area (Å²) in [5.74, 6) is -1.31. The number of esters is 1. The van der Waals surface area contributed by atoms with Gasteiger partial charge in [-0.1, -0.05) is 11.3 Å². The Balaban J connectivity index is 2.30. The minimum Gasteiger partial charge on any atom is -0.481 e. The quantitative estimate of drug-likeness (QED) is 0.836. The zero-order chi connectivity index (χ0) is 15.4. The molecule has 0 aliphatic carbocycles. The van der Waals surface area contributed by atoms with Crippen LogP contribution in [0.25, 0.3) is 5.69 Å². The topological polar surface area (TPSA) is 94.3 Å². The molecular weight excluding hydrogens is 274 g/mol. The number of rotatable bonds is 5. The molecule has 7 heteroatoms. The van der Waals surface area contributed by atoms with Crippen molar-refractivity contribution in [3.63, 3.8) is 0 Å². The highest BCUT2D eigenvalue weighted by Crippen LogP contribution is 2.15. The van der Waals surface area contributed by atoms with Gasteiger partial charge < -0.3 is 9.84 Å². The SMILES string of the molecule is COC(=O)c1cccc(-n2nnc(CCC(=O)O)c2C)c1. The van der Waals surface area contributed by atoms with Crippen molar-refractivity contribution in [1.29, 1.82) is 0 Å². The summed E-state index contributed by atoms with van der Waals surface area (Å²) in [6, 6.07) is 6.80. The molecule has 1 N–H and O–H groups in total. The molecule has 21 heavy (non-hydrogen) atoms. The van der Waals surface area contributed by atoms with Crippen LogP contribution in [0.4, 0.5) is 0 Å². The summed E-state index contributed by atoms with van der Waals surface area (Å²) in [6.45, 7) is 1.81. The van der Waals surface area contributed by atoms with Crippen molar-refractivity contribution < 1.29 is 19.4 Å². The molecule has 1 aromatic carbocycles. The minimum absolute atomic E-state index is 0.00172. The van der Waals surface area contributed by atoms with E-state index in [1.165, 1.54) is 7.11 Å². The maximum atomic E-state index is 11.5. The third-order valence-electron chi connectivity index (χ3n) is 3.08. The van der Waals surface area contributed by atoms with Gasteiger partial charge in [0.25, 0.3) is 0 Å². The summed E-state index contributed by atoms with van der Waals surface area (Å²) in [7, 11) is 1.32. The van der Waals surface area contributed by atoms with Crippen LogP contribution >= 0.6 is 0 Å². The number of aryl methyl sites for hydroxylation is 1. The van der Waals surface area contributed by atoms with Crippen LogP contribution in [0.5, 0.6) is 0 Å². The van der Waals surface area contributed by atoms with Gasteiger partial charge in [-0.05, 0) is 25.1 Å². The summed E-state index contributed by atoms with van der Waals surface area (Å²) < 4.78 is 6.25. The molecule has 0 amide bonds. The van der Waals surface area contributed by atoms with Crippen LogP contribution in [0.1, 0.15) is 28.2 Å². The van der Waals surface area contributed by atoms with E-state index in [0.717, 1.165) is 5.69 Å². The van der Waals surface area contributed by atoms with E-state index >= 15 is 0 Å². The number of carbonyl (C=O) groups is 2. The molecule has 2 aromatic rings. The first-order valence-electron chi connectivity index (χ1n) is 6.34. The van der Waals surface area contributed by atoms with Crippen molar-refractivity contribution >= 4 is 11.9 Å². The normalized spacial score (nSPS) is 10.4. The highest BCUT2D eigenvalue weighted by Gasteiger charge is 2.13. The van der Waals surface area contributed by atoms with E-state index in [1.54, 1.807) is 28.9 Å². The van der Waals surface area contributed by atoms with Crippen molar-refractivity contribution in [3.05, 3.63) is 41.2 Å².